The van der Waals surface area contributed by atoms with E-state index in [1.165, 1.54) is 0 Å². The third kappa shape index (κ3) is 4.08. The van der Waals surface area contributed by atoms with Crippen LogP contribution in [0.2, 0.25) is 0 Å². The highest BCUT2D eigenvalue weighted by Gasteiger charge is 2.16. The van der Waals surface area contributed by atoms with E-state index >= 15 is 0 Å². The zero-order valence-corrected chi connectivity index (χ0v) is 14.7. The van der Waals surface area contributed by atoms with Crippen LogP contribution in [0.25, 0.3) is 0 Å². The number of anilines is 1. The van der Waals surface area contributed by atoms with Crippen LogP contribution in [0.1, 0.15) is 35.3 Å². The van der Waals surface area contributed by atoms with E-state index in [-0.39, 0.29) is 11.9 Å². The van der Waals surface area contributed by atoms with Gasteiger partial charge in [-0.05, 0) is 42.3 Å². The minimum absolute atomic E-state index is 0.0380. The number of rotatable bonds is 4. The molecule has 0 heterocycles. The zero-order chi connectivity index (χ0) is 15.4. The van der Waals surface area contributed by atoms with Gasteiger partial charge in [-0.3, -0.25) is 4.79 Å². The number of carbonyl (C=O) groups excluding carboxylic acids is 1. The van der Waals surface area contributed by atoms with Gasteiger partial charge in [-0.2, -0.15) is 0 Å². The van der Waals surface area contributed by atoms with Crippen molar-refractivity contribution >= 4 is 43.5 Å². The number of nitrogen functional groups attached to an aromatic ring is 1. The fourth-order valence-electron chi connectivity index (χ4n) is 2.08. The molecule has 21 heavy (non-hydrogen) atoms. The standard InChI is InChI=1S/C16H16Br2N2O/c1-2-15(10-3-5-11(17)6-4-10)20-16(21)13-9-12(18)7-8-14(13)19/h3-9,15H,2,19H2,1H3,(H,20,21). The maximum absolute atomic E-state index is 12.4. The Hall–Kier alpha value is -1.33. The highest BCUT2D eigenvalue weighted by molar-refractivity contribution is 9.10. The molecule has 0 saturated heterocycles. The Kier molecular flexibility index (Phi) is 5.42. The number of halogens is 2. The van der Waals surface area contributed by atoms with Gasteiger partial charge in [0, 0.05) is 14.6 Å². The summed E-state index contributed by atoms with van der Waals surface area (Å²) in [6.07, 6.45) is 0.807. The molecule has 1 amide bonds. The van der Waals surface area contributed by atoms with Crippen molar-refractivity contribution in [3.8, 4) is 0 Å². The third-order valence-corrected chi connectivity index (χ3v) is 4.27. The number of nitrogens with two attached hydrogens (primary N) is 1. The molecule has 0 fully saturated rings. The molecule has 0 aliphatic carbocycles. The van der Waals surface area contributed by atoms with Crippen molar-refractivity contribution in [1.82, 2.24) is 5.32 Å². The molecule has 0 aliphatic rings. The van der Waals surface area contributed by atoms with Crippen LogP contribution in [0.15, 0.2) is 51.4 Å². The third-order valence-electron chi connectivity index (χ3n) is 3.25. The smallest absolute Gasteiger partial charge is 0.253 e. The van der Waals surface area contributed by atoms with Gasteiger partial charge in [-0.1, -0.05) is 50.9 Å². The van der Waals surface area contributed by atoms with Gasteiger partial charge in [0.15, 0.2) is 0 Å². The van der Waals surface area contributed by atoms with Crippen LogP contribution in [-0.4, -0.2) is 5.91 Å². The molecule has 0 bridgehead atoms. The summed E-state index contributed by atoms with van der Waals surface area (Å²) >= 11 is 6.77. The van der Waals surface area contributed by atoms with Crippen LogP contribution in [0.4, 0.5) is 5.69 Å². The number of carbonyl (C=O) groups is 1. The average molecular weight is 412 g/mol. The molecule has 2 aromatic carbocycles. The minimum Gasteiger partial charge on any atom is -0.398 e. The van der Waals surface area contributed by atoms with E-state index in [0.717, 1.165) is 20.9 Å². The van der Waals surface area contributed by atoms with Crippen LogP contribution >= 0.6 is 31.9 Å². The van der Waals surface area contributed by atoms with Gasteiger partial charge >= 0.3 is 0 Å². The van der Waals surface area contributed by atoms with Gasteiger partial charge in [0.05, 0.1) is 11.6 Å². The number of hydrogen-bond acceptors (Lipinski definition) is 2. The van der Waals surface area contributed by atoms with Gasteiger partial charge < -0.3 is 11.1 Å². The molecule has 1 unspecified atom stereocenters. The number of amides is 1. The molecule has 2 aromatic rings. The normalized spacial score (nSPS) is 12.0. The van der Waals surface area contributed by atoms with Crippen LogP contribution in [0, 0.1) is 0 Å². The largest absolute Gasteiger partial charge is 0.398 e. The summed E-state index contributed by atoms with van der Waals surface area (Å²) < 4.78 is 1.85. The Morgan fingerprint density at radius 2 is 1.76 bits per heavy atom. The SMILES string of the molecule is CCC(NC(=O)c1cc(Br)ccc1N)c1ccc(Br)cc1. The molecule has 0 radical (unpaired) electrons. The first-order chi connectivity index (χ1) is 10.0. The van der Waals surface area contributed by atoms with E-state index in [9.17, 15) is 4.79 Å². The molecule has 3 N–H and O–H groups in total. The maximum atomic E-state index is 12.4. The van der Waals surface area contributed by atoms with E-state index < -0.39 is 0 Å². The van der Waals surface area contributed by atoms with Crippen LogP contribution in [-0.2, 0) is 0 Å². The van der Waals surface area contributed by atoms with Crippen LogP contribution < -0.4 is 11.1 Å². The number of benzene rings is 2. The number of nitrogens with one attached hydrogen (secondary N) is 1. The molecular weight excluding hydrogens is 396 g/mol. The van der Waals surface area contributed by atoms with E-state index in [2.05, 4.69) is 37.2 Å². The van der Waals surface area contributed by atoms with E-state index in [0.29, 0.717) is 11.3 Å². The Labute approximate surface area is 141 Å². The fourth-order valence-corrected chi connectivity index (χ4v) is 2.70. The first-order valence-electron chi connectivity index (χ1n) is 6.62. The van der Waals surface area contributed by atoms with Crippen LogP contribution in [0.3, 0.4) is 0 Å². The summed E-state index contributed by atoms with van der Waals surface area (Å²) in [5.74, 6) is -0.163. The van der Waals surface area contributed by atoms with Gasteiger partial charge in [0.25, 0.3) is 5.91 Å². The fraction of sp³-hybridized carbons (Fsp3) is 0.188. The second kappa shape index (κ2) is 7.09. The molecule has 3 nitrogen and oxygen atoms in total. The topological polar surface area (TPSA) is 55.1 Å². The van der Waals surface area contributed by atoms with Crippen LogP contribution in [0.5, 0.6) is 0 Å². The quantitative estimate of drug-likeness (QED) is 0.718. The minimum atomic E-state index is -0.163. The molecule has 0 aliphatic heterocycles. The first-order valence-corrected chi connectivity index (χ1v) is 8.21. The van der Waals surface area contributed by atoms with Crippen molar-refractivity contribution in [2.24, 2.45) is 0 Å². The van der Waals surface area contributed by atoms with E-state index in [1.807, 2.05) is 37.3 Å². The van der Waals surface area contributed by atoms with Crippen molar-refractivity contribution in [3.63, 3.8) is 0 Å². The lowest BCUT2D eigenvalue weighted by molar-refractivity contribution is 0.0936. The lowest BCUT2D eigenvalue weighted by Crippen LogP contribution is -2.28. The molecule has 0 aromatic heterocycles. The molecular formula is C16H16Br2N2O. The molecule has 1 atom stereocenters. The Morgan fingerprint density at radius 3 is 2.38 bits per heavy atom. The van der Waals surface area contributed by atoms with Crippen molar-refractivity contribution in [1.29, 1.82) is 0 Å². The van der Waals surface area contributed by atoms with E-state index in [1.54, 1.807) is 12.1 Å². The lowest BCUT2D eigenvalue weighted by Gasteiger charge is -2.18. The lowest BCUT2D eigenvalue weighted by atomic mass is 10.0. The zero-order valence-electron chi connectivity index (χ0n) is 11.6. The first kappa shape index (κ1) is 16.0. The Balaban J connectivity index is 2.20. The predicted octanol–water partition coefficient (Wildman–Crippen LogP) is 4.67. The molecule has 0 spiro atoms. The summed E-state index contributed by atoms with van der Waals surface area (Å²) in [6.45, 7) is 2.04. The second-order valence-corrected chi connectivity index (χ2v) is 6.55. The van der Waals surface area contributed by atoms with Crippen molar-refractivity contribution in [2.75, 3.05) is 5.73 Å². The van der Waals surface area contributed by atoms with Crippen molar-refractivity contribution in [3.05, 3.63) is 62.5 Å². The van der Waals surface area contributed by atoms with Crippen molar-refractivity contribution in [2.45, 2.75) is 19.4 Å². The van der Waals surface area contributed by atoms with Gasteiger partial charge in [0.2, 0.25) is 0 Å². The summed E-state index contributed by atoms with van der Waals surface area (Å²) in [6, 6.07) is 13.2. The average Bonchev–Trinajstić information content (AvgIpc) is 2.48. The maximum Gasteiger partial charge on any atom is 0.253 e. The summed E-state index contributed by atoms with van der Waals surface area (Å²) in [5, 5.41) is 3.03. The molecule has 110 valence electrons. The molecule has 0 saturated carbocycles. The van der Waals surface area contributed by atoms with E-state index in [4.69, 9.17) is 5.73 Å². The van der Waals surface area contributed by atoms with Crippen molar-refractivity contribution < 1.29 is 4.79 Å². The Bertz CT molecular complexity index is 641. The molecule has 5 heteroatoms. The second-order valence-electron chi connectivity index (χ2n) is 4.72. The number of hydrogen-bond donors (Lipinski definition) is 2. The summed E-state index contributed by atoms with van der Waals surface area (Å²) in [5.41, 5.74) is 7.91. The highest BCUT2D eigenvalue weighted by Crippen LogP contribution is 2.22. The van der Waals surface area contributed by atoms with Gasteiger partial charge in [0.1, 0.15) is 0 Å². The summed E-state index contributed by atoms with van der Waals surface area (Å²) in [7, 11) is 0. The monoisotopic (exact) mass is 410 g/mol. The van der Waals surface area contributed by atoms with Gasteiger partial charge in [-0.25, -0.2) is 0 Å². The highest BCUT2D eigenvalue weighted by atomic mass is 79.9. The predicted molar refractivity (Wildman–Crippen MR) is 93.2 cm³/mol. The van der Waals surface area contributed by atoms with Gasteiger partial charge in [-0.15, -0.1) is 0 Å². The summed E-state index contributed by atoms with van der Waals surface area (Å²) in [4.78, 5) is 12.4. The Morgan fingerprint density at radius 1 is 1.14 bits per heavy atom. The molecule has 2 rings (SSSR count).